The lowest BCUT2D eigenvalue weighted by atomic mass is 9.43. The molecule has 2 saturated carbocycles. The van der Waals surface area contributed by atoms with E-state index in [9.17, 15) is 24.9 Å². The Kier molecular flexibility index (Phi) is 9.57. The lowest BCUT2D eigenvalue weighted by Gasteiger charge is -2.62. The number of hydrogen-bond acceptors (Lipinski definition) is 8. The molecule has 3 fully saturated rings. The van der Waals surface area contributed by atoms with Crippen LogP contribution in [0.4, 0.5) is 0 Å². The van der Waals surface area contributed by atoms with Crippen molar-refractivity contribution in [3.05, 3.63) is 34.9 Å². The van der Waals surface area contributed by atoms with Gasteiger partial charge in [0.2, 0.25) is 6.29 Å². The second-order valence-corrected chi connectivity index (χ2v) is 16.5. The normalized spacial score (nSPS) is 42.8. The Morgan fingerprint density at radius 1 is 0.935 bits per heavy atom. The van der Waals surface area contributed by atoms with Crippen LogP contribution in [0.2, 0.25) is 0 Å². The third-order valence-electron chi connectivity index (χ3n) is 13.9. The average Bonchev–Trinajstić information content (AvgIpc) is 3.25. The van der Waals surface area contributed by atoms with Crippen molar-refractivity contribution in [2.24, 2.45) is 39.4 Å². The molecule has 11 atom stereocenters. The van der Waals surface area contributed by atoms with Crippen LogP contribution in [0, 0.1) is 39.4 Å². The van der Waals surface area contributed by atoms with E-state index in [0.29, 0.717) is 12.3 Å². The number of carbonyl (C=O) groups is 2. The minimum atomic E-state index is -1.52. The van der Waals surface area contributed by atoms with Crippen LogP contribution in [-0.2, 0) is 23.8 Å². The molecule has 3 unspecified atom stereocenters. The molecule has 5 aliphatic rings. The van der Waals surface area contributed by atoms with Gasteiger partial charge in [0.05, 0.1) is 12.5 Å². The van der Waals surface area contributed by atoms with Crippen molar-refractivity contribution in [2.45, 2.75) is 144 Å². The topological polar surface area (TPSA) is 123 Å². The molecule has 0 bridgehead atoms. The number of carbonyl (C=O) groups excluding carboxylic acids is 2. The summed E-state index contributed by atoms with van der Waals surface area (Å²) in [6.07, 6.45) is 4.78. The molecule has 258 valence electrons. The molecular formula is C38H58O8. The van der Waals surface area contributed by atoms with E-state index in [1.54, 1.807) is 11.1 Å². The SMILES string of the molecule is C=C(C)/C(C)=C\C[C@@H](C(=O)O[C@@H]1OC[C@@H](O)[C@H](O)[C@H]1O)C1CC[C@@]2(C)C3=C(CCC12C)C1(C)CC[C@@H](OC(C)=O)C(C)(C)[C@@H]1CC3. The molecule has 0 aromatic rings. The van der Waals surface area contributed by atoms with Crippen molar-refractivity contribution in [2.75, 3.05) is 6.61 Å². The first-order chi connectivity index (χ1) is 21.4. The van der Waals surface area contributed by atoms with Crippen molar-refractivity contribution in [1.82, 2.24) is 0 Å². The predicted octanol–water partition coefficient (Wildman–Crippen LogP) is 6.18. The third kappa shape index (κ3) is 5.63. The summed E-state index contributed by atoms with van der Waals surface area (Å²) in [7, 11) is 0. The molecule has 1 heterocycles. The molecule has 1 aliphatic heterocycles. The van der Waals surface area contributed by atoms with Crippen molar-refractivity contribution in [3.63, 3.8) is 0 Å². The Morgan fingerprint density at radius 3 is 2.28 bits per heavy atom. The molecule has 4 aliphatic carbocycles. The lowest BCUT2D eigenvalue weighted by molar-refractivity contribution is -0.265. The number of esters is 2. The molecule has 1 saturated heterocycles. The first-order valence-electron chi connectivity index (χ1n) is 17.5. The monoisotopic (exact) mass is 642 g/mol. The second kappa shape index (κ2) is 12.5. The first-order valence-corrected chi connectivity index (χ1v) is 17.5. The fourth-order valence-corrected chi connectivity index (χ4v) is 10.7. The van der Waals surface area contributed by atoms with Gasteiger partial charge in [-0.15, -0.1) is 0 Å². The number of aliphatic hydroxyl groups is 3. The van der Waals surface area contributed by atoms with Crippen LogP contribution in [-0.4, -0.2) is 64.6 Å². The van der Waals surface area contributed by atoms with E-state index in [1.165, 1.54) is 6.92 Å². The van der Waals surface area contributed by atoms with Gasteiger partial charge in [-0.25, -0.2) is 0 Å². The Morgan fingerprint density at radius 2 is 1.63 bits per heavy atom. The van der Waals surface area contributed by atoms with Crippen LogP contribution in [0.25, 0.3) is 0 Å². The summed E-state index contributed by atoms with van der Waals surface area (Å²) in [6.45, 7) is 21.2. The molecule has 0 aromatic carbocycles. The fourth-order valence-electron chi connectivity index (χ4n) is 10.7. The van der Waals surface area contributed by atoms with Gasteiger partial charge < -0.3 is 29.5 Å². The van der Waals surface area contributed by atoms with Crippen molar-refractivity contribution in [1.29, 1.82) is 0 Å². The summed E-state index contributed by atoms with van der Waals surface area (Å²) in [5.41, 5.74) is 4.91. The van der Waals surface area contributed by atoms with Gasteiger partial charge in [0.1, 0.15) is 24.4 Å². The smallest absolute Gasteiger partial charge is 0.311 e. The Balaban J connectivity index is 1.46. The summed E-state index contributed by atoms with van der Waals surface area (Å²) in [5, 5.41) is 30.7. The van der Waals surface area contributed by atoms with Crippen molar-refractivity contribution < 1.29 is 39.1 Å². The van der Waals surface area contributed by atoms with Crippen LogP contribution in [0.5, 0.6) is 0 Å². The van der Waals surface area contributed by atoms with Crippen molar-refractivity contribution >= 4 is 11.9 Å². The van der Waals surface area contributed by atoms with Gasteiger partial charge in [-0.2, -0.15) is 0 Å². The Bertz CT molecular complexity index is 1300. The minimum Gasteiger partial charge on any atom is -0.462 e. The third-order valence-corrected chi connectivity index (χ3v) is 13.9. The maximum atomic E-state index is 14.1. The van der Waals surface area contributed by atoms with Gasteiger partial charge in [0.15, 0.2) is 0 Å². The van der Waals surface area contributed by atoms with Gasteiger partial charge >= 0.3 is 11.9 Å². The molecule has 0 aromatic heterocycles. The summed E-state index contributed by atoms with van der Waals surface area (Å²) in [4.78, 5) is 26.0. The zero-order chi connectivity index (χ0) is 34.0. The van der Waals surface area contributed by atoms with E-state index in [4.69, 9.17) is 14.2 Å². The van der Waals surface area contributed by atoms with Crippen LogP contribution in [0.3, 0.4) is 0 Å². The van der Waals surface area contributed by atoms with E-state index in [0.717, 1.165) is 62.5 Å². The molecule has 0 radical (unpaired) electrons. The molecular weight excluding hydrogens is 584 g/mol. The number of hydrogen-bond donors (Lipinski definition) is 3. The molecule has 46 heavy (non-hydrogen) atoms. The Hall–Kier alpha value is -2.00. The van der Waals surface area contributed by atoms with Gasteiger partial charge in [-0.05, 0) is 99.7 Å². The second-order valence-electron chi connectivity index (χ2n) is 16.5. The molecule has 0 amide bonds. The summed E-state index contributed by atoms with van der Waals surface area (Å²) in [6, 6.07) is 0. The van der Waals surface area contributed by atoms with E-state index in [1.807, 2.05) is 13.8 Å². The molecule has 0 spiro atoms. The average molecular weight is 643 g/mol. The van der Waals surface area contributed by atoms with E-state index < -0.39 is 36.5 Å². The summed E-state index contributed by atoms with van der Waals surface area (Å²) < 4.78 is 17.2. The zero-order valence-electron chi connectivity index (χ0n) is 29.4. The number of rotatable bonds is 7. The first kappa shape index (κ1) is 35.3. The van der Waals surface area contributed by atoms with Gasteiger partial charge in [-0.3, -0.25) is 9.59 Å². The fraction of sp³-hybridized carbons (Fsp3) is 0.789. The zero-order valence-corrected chi connectivity index (χ0v) is 29.4. The van der Waals surface area contributed by atoms with Crippen LogP contribution >= 0.6 is 0 Å². The molecule has 3 N–H and O–H groups in total. The van der Waals surface area contributed by atoms with Gasteiger partial charge in [-0.1, -0.05) is 69.6 Å². The predicted molar refractivity (Wildman–Crippen MR) is 175 cm³/mol. The summed E-state index contributed by atoms with van der Waals surface area (Å²) >= 11 is 0. The quantitative estimate of drug-likeness (QED) is 0.171. The highest BCUT2D eigenvalue weighted by molar-refractivity contribution is 5.73. The van der Waals surface area contributed by atoms with Gasteiger partial charge in [0.25, 0.3) is 0 Å². The minimum absolute atomic E-state index is 0.0474. The standard InChI is InChI=1S/C38H58O8/c1-21(2)22(3)10-11-24(33(43)46-34-32(42)31(41)28(40)20-44-34)25-14-18-38(9)27-12-13-29-35(5,6)30(45-23(4)39)16-17-36(29,7)26(27)15-19-37(25,38)8/h10,24-25,28-32,34,40-42H,1,11-20H2,2-9H3/b22-10-/t24-,25?,28-,29+,30-,31+,32-,34+,36?,37?,38+/m1/s1. The number of aliphatic hydroxyl groups excluding tert-OH is 3. The molecule has 8 nitrogen and oxygen atoms in total. The lowest BCUT2D eigenvalue weighted by Crippen LogP contribution is -2.56. The van der Waals surface area contributed by atoms with E-state index in [2.05, 4.69) is 47.3 Å². The van der Waals surface area contributed by atoms with Crippen LogP contribution in [0.15, 0.2) is 34.9 Å². The maximum Gasteiger partial charge on any atom is 0.311 e. The molecule has 8 heteroatoms. The van der Waals surface area contributed by atoms with E-state index >= 15 is 0 Å². The van der Waals surface area contributed by atoms with Crippen LogP contribution in [0.1, 0.15) is 113 Å². The highest BCUT2D eigenvalue weighted by Crippen LogP contribution is 2.72. The highest BCUT2D eigenvalue weighted by atomic mass is 16.7. The number of ether oxygens (including phenoxy) is 3. The number of fused-ring (bicyclic) bond motifs is 4. The van der Waals surface area contributed by atoms with E-state index in [-0.39, 0.29) is 46.3 Å². The molecule has 5 rings (SSSR count). The van der Waals surface area contributed by atoms with Gasteiger partial charge in [0, 0.05) is 12.3 Å². The van der Waals surface area contributed by atoms with Crippen LogP contribution < -0.4 is 0 Å². The number of allylic oxidation sites excluding steroid dienone is 5. The maximum absolute atomic E-state index is 14.1. The Labute approximate surface area is 275 Å². The largest absolute Gasteiger partial charge is 0.462 e. The van der Waals surface area contributed by atoms with Crippen molar-refractivity contribution in [3.8, 4) is 0 Å². The highest BCUT2D eigenvalue weighted by Gasteiger charge is 2.64. The summed E-state index contributed by atoms with van der Waals surface area (Å²) in [5.74, 6) is -0.625.